The third kappa shape index (κ3) is 3.08. The molecule has 3 aliphatic rings. The van der Waals surface area contributed by atoms with Crippen molar-refractivity contribution < 1.29 is 10.2 Å². The molecule has 2 aromatic rings. The summed E-state index contributed by atoms with van der Waals surface area (Å²) in [5, 5.41) is 23.3. The minimum atomic E-state index is -0.557. The smallest absolute Gasteiger partial charge is 0.144 e. The molecule has 1 aliphatic heterocycles. The lowest BCUT2D eigenvalue weighted by Gasteiger charge is -2.29. The monoisotopic (exact) mass is 353 g/mol. The minimum absolute atomic E-state index is 0.214. The van der Waals surface area contributed by atoms with Crippen LogP contribution < -0.4 is 5.43 Å². The van der Waals surface area contributed by atoms with Crippen LogP contribution in [0.4, 0.5) is 5.82 Å². The first-order valence-corrected chi connectivity index (χ1v) is 9.99. The molecule has 26 heavy (non-hydrogen) atoms. The van der Waals surface area contributed by atoms with Crippen molar-refractivity contribution in [1.82, 2.24) is 9.99 Å². The Morgan fingerprint density at radius 2 is 2.00 bits per heavy atom. The molecule has 3 N–H and O–H groups in total. The van der Waals surface area contributed by atoms with E-state index in [1.807, 2.05) is 0 Å². The van der Waals surface area contributed by atoms with Crippen molar-refractivity contribution in [3.05, 3.63) is 35.4 Å². The molecule has 0 bridgehead atoms. The first-order chi connectivity index (χ1) is 12.7. The van der Waals surface area contributed by atoms with Gasteiger partial charge in [-0.3, -0.25) is 0 Å². The Morgan fingerprint density at radius 1 is 1.12 bits per heavy atom. The summed E-state index contributed by atoms with van der Waals surface area (Å²) in [7, 11) is 0. The van der Waals surface area contributed by atoms with Crippen LogP contribution in [0, 0.1) is 5.92 Å². The van der Waals surface area contributed by atoms with Gasteiger partial charge < -0.3 is 15.6 Å². The van der Waals surface area contributed by atoms with Crippen molar-refractivity contribution in [2.75, 3.05) is 12.0 Å². The predicted molar refractivity (Wildman–Crippen MR) is 102 cm³/mol. The predicted octanol–water partition coefficient (Wildman–Crippen LogP) is 2.65. The van der Waals surface area contributed by atoms with E-state index in [2.05, 4.69) is 34.7 Å². The Bertz CT molecular complexity index is 820. The molecule has 2 fully saturated rings. The summed E-state index contributed by atoms with van der Waals surface area (Å²) in [5.41, 5.74) is 7.13. The Labute approximate surface area is 154 Å². The molecule has 0 saturated heterocycles. The number of benzene rings is 1. The molecule has 3 atom stereocenters. The quantitative estimate of drug-likeness (QED) is 0.788. The largest absolute Gasteiger partial charge is 0.390 e. The normalized spacial score (nSPS) is 28.9. The molecule has 138 valence electrons. The SMILES string of the molecule is OC1CCC(CCc2ccc3cc4c(nc3c2)NN(C2CC2)CC4)C1O. The summed E-state index contributed by atoms with van der Waals surface area (Å²) in [4.78, 5) is 4.90. The number of nitrogens with zero attached hydrogens (tertiary/aromatic N) is 2. The van der Waals surface area contributed by atoms with Gasteiger partial charge in [0, 0.05) is 18.0 Å². The van der Waals surface area contributed by atoms with E-state index in [1.165, 1.54) is 29.4 Å². The second kappa shape index (κ2) is 6.48. The van der Waals surface area contributed by atoms with E-state index in [-0.39, 0.29) is 5.92 Å². The highest BCUT2D eigenvalue weighted by Crippen LogP contribution is 2.33. The lowest BCUT2D eigenvalue weighted by molar-refractivity contribution is 0.0189. The number of hydrazine groups is 1. The Morgan fingerprint density at radius 3 is 2.77 bits per heavy atom. The van der Waals surface area contributed by atoms with Gasteiger partial charge in [-0.05, 0) is 74.1 Å². The maximum atomic E-state index is 10.0. The number of nitrogens with one attached hydrogen (secondary N) is 1. The first-order valence-electron chi connectivity index (χ1n) is 9.99. The highest BCUT2D eigenvalue weighted by Gasteiger charge is 2.33. The fourth-order valence-corrected chi connectivity index (χ4v) is 4.50. The molecule has 5 heteroatoms. The molecule has 2 heterocycles. The molecule has 5 rings (SSSR count). The molecule has 5 nitrogen and oxygen atoms in total. The summed E-state index contributed by atoms with van der Waals surface area (Å²) < 4.78 is 0. The van der Waals surface area contributed by atoms with Crippen LogP contribution in [0.25, 0.3) is 10.9 Å². The molecule has 2 saturated carbocycles. The molecule has 2 aliphatic carbocycles. The second-order valence-electron chi connectivity index (χ2n) is 8.24. The van der Waals surface area contributed by atoms with Crippen molar-refractivity contribution in [2.45, 2.75) is 63.2 Å². The Hall–Kier alpha value is -1.69. The maximum absolute atomic E-state index is 10.0. The molecule has 1 aromatic carbocycles. The van der Waals surface area contributed by atoms with Crippen molar-refractivity contribution in [3.8, 4) is 0 Å². The number of anilines is 1. The summed E-state index contributed by atoms with van der Waals surface area (Å²) in [6, 6.07) is 9.51. The highest BCUT2D eigenvalue weighted by atomic mass is 16.3. The fourth-order valence-electron chi connectivity index (χ4n) is 4.50. The molecule has 3 unspecified atom stereocenters. The van der Waals surface area contributed by atoms with E-state index in [0.29, 0.717) is 6.04 Å². The van der Waals surface area contributed by atoms with Crippen LogP contribution >= 0.6 is 0 Å². The van der Waals surface area contributed by atoms with Gasteiger partial charge in [-0.15, -0.1) is 0 Å². The van der Waals surface area contributed by atoms with E-state index in [9.17, 15) is 10.2 Å². The lowest BCUT2D eigenvalue weighted by atomic mass is 9.95. The van der Waals surface area contributed by atoms with Gasteiger partial charge in [0.1, 0.15) is 5.82 Å². The zero-order valence-electron chi connectivity index (χ0n) is 15.1. The molecular formula is C21H27N3O2. The summed E-state index contributed by atoms with van der Waals surface area (Å²) in [5.74, 6) is 1.23. The molecule has 0 radical (unpaired) electrons. The number of hydrogen-bond acceptors (Lipinski definition) is 5. The number of aliphatic hydroxyl groups excluding tert-OH is 2. The van der Waals surface area contributed by atoms with E-state index in [1.54, 1.807) is 0 Å². The number of aromatic nitrogens is 1. The maximum Gasteiger partial charge on any atom is 0.144 e. The van der Waals surface area contributed by atoms with Crippen molar-refractivity contribution in [3.63, 3.8) is 0 Å². The molecular weight excluding hydrogens is 326 g/mol. The van der Waals surface area contributed by atoms with E-state index in [4.69, 9.17) is 4.98 Å². The summed E-state index contributed by atoms with van der Waals surface area (Å²) in [6.07, 6.45) is 6.04. The Balaban J connectivity index is 1.34. The van der Waals surface area contributed by atoms with Crippen molar-refractivity contribution in [1.29, 1.82) is 0 Å². The van der Waals surface area contributed by atoms with E-state index < -0.39 is 12.2 Å². The number of aliphatic hydroxyl groups is 2. The second-order valence-corrected chi connectivity index (χ2v) is 8.24. The van der Waals surface area contributed by atoms with Crippen LogP contribution in [0.15, 0.2) is 24.3 Å². The summed E-state index contributed by atoms with van der Waals surface area (Å²) in [6.45, 7) is 1.07. The highest BCUT2D eigenvalue weighted by molar-refractivity contribution is 5.82. The lowest BCUT2D eigenvalue weighted by Crippen LogP contribution is -2.38. The minimum Gasteiger partial charge on any atom is -0.390 e. The average molecular weight is 353 g/mol. The average Bonchev–Trinajstić information content (AvgIpc) is 3.45. The van der Waals surface area contributed by atoms with Gasteiger partial charge in [0.05, 0.1) is 17.7 Å². The zero-order chi connectivity index (χ0) is 17.7. The van der Waals surface area contributed by atoms with Crippen LogP contribution in [0.3, 0.4) is 0 Å². The first kappa shape index (κ1) is 16.5. The van der Waals surface area contributed by atoms with Crippen LogP contribution in [0.1, 0.15) is 43.2 Å². The van der Waals surface area contributed by atoms with Crippen LogP contribution in [-0.4, -0.2) is 45.0 Å². The zero-order valence-corrected chi connectivity index (χ0v) is 15.1. The third-order valence-corrected chi connectivity index (χ3v) is 6.33. The number of fused-ring (bicyclic) bond motifs is 2. The standard InChI is InChI=1S/C21H27N3O2/c25-19-8-5-14(20(19)26)3-1-13-2-4-15-12-16-9-10-24(17-6-7-17)23-21(16)22-18(15)11-13/h2,4,11-12,14,17,19-20,25-26H,1,3,5-10H2,(H,22,23). The van der Waals surface area contributed by atoms with Crippen LogP contribution in [0.2, 0.25) is 0 Å². The molecule has 0 spiro atoms. The molecule has 1 aromatic heterocycles. The Kier molecular flexibility index (Phi) is 4.11. The number of aryl methyl sites for hydroxylation is 1. The number of rotatable bonds is 4. The van der Waals surface area contributed by atoms with Gasteiger partial charge in [0.15, 0.2) is 0 Å². The van der Waals surface area contributed by atoms with Gasteiger partial charge in [0.25, 0.3) is 0 Å². The van der Waals surface area contributed by atoms with Crippen molar-refractivity contribution in [2.24, 2.45) is 5.92 Å². The fraction of sp³-hybridized carbons (Fsp3) is 0.571. The molecule has 0 amide bonds. The number of pyridine rings is 1. The van der Waals surface area contributed by atoms with Crippen LogP contribution in [0.5, 0.6) is 0 Å². The van der Waals surface area contributed by atoms with Crippen molar-refractivity contribution >= 4 is 16.7 Å². The van der Waals surface area contributed by atoms with E-state index >= 15 is 0 Å². The van der Waals surface area contributed by atoms with Crippen LogP contribution in [-0.2, 0) is 12.8 Å². The van der Waals surface area contributed by atoms with Gasteiger partial charge >= 0.3 is 0 Å². The van der Waals surface area contributed by atoms with Gasteiger partial charge in [-0.25, -0.2) is 9.99 Å². The number of hydrogen-bond donors (Lipinski definition) is 3. The van der Waals surface area contributed by atoms with Gasteiger partial charge in [-0.1, -0.05) is 12.1 Å². The topological polar surface area (TPSA) is 68.6 Å². The van der Waals surface area contributed by atoms with E-state index in [0.717, 1.165) is 50.0 Å². The summed E-state index contributed by atoms with van der Waals surface area (Å²) >= 11 is 0. The third-order valence-electron chi connectivity index (χ3n) is 6.33. The van der Waals surface area contributed by atoms with Gasteiger partial charge in [-0.2, -0.15) is 0 Å². The van der Waals surface area contributed by atoms with Gasteiger partial charge in [0.2, 0.25) is 0 Å².